The Morgan fingerprint density at radius 1 is 1.04 bits per heavy atom. The fraction of sp³-hybridized carbons (Fsp3) is 0.457. The molecule has 3 atom stereocenters. The molecule has 18 heteroatoms. The zero-order valence-corrected chi connectivity index (χ0v) is 30.5. The van der Waals surface area contributed by atoms with E-state index in [2.05, 4.69) is 20.9 Å². The van der Waals surface area contributed by atoms with Crippen molar-refractivity contribution in [2.75, 3.05) is 6.54 Å². The number of aromatic amines is 1. The Balaban J connectivity index is 0.000000980. The number of nitrogens with two attached hydrogens (primary N) is 2. The summed E-state index contributed by atoms with van der Waals surface area (Å²) in [7, 11) is 0. The van der Waals surface area contributed by atoms with Crippen LogP contribution in [0.5, 0.6) is 0 Å². The second-order valence-electron chi connectivity index (χ2n) is 13.1. The lowest BCUT2D eigenvalue weighted by Crippen LogP contribution is -2.66. The molecule has 290 valence electrons. The SMILES string of the molecule is CC(C)[C@H](NC(=O)[C@@]1(NC(=O)[C@H](CCCCN)NC(=O)CCc2ccc(F)cc2)CCc2[nH]c3c(Cl)cc(Cl)cc3c2C1)C(N)=O.O=C(O)C(F)(F)F. The van der Waals surface area contributed by atoms with Crippen LogP contribution < -0.4 is 27.4 Å². The van der Waals surface area contributed by atoms with E-state index >= 15 is 0 Å². The summed E-state index contributed by atoms with van der Waals surface area (Å²) >= 11 is 12.8. The number of carbonyl (C=O) groups is 5. The minimum Gasteiger partial charge on any atom is -0.475 e. The highest BCUT2D eigenvalue weighted by molar-refractivity contribution is 6.38. The molecule has 0 aliphatic heterocycles. The van der Waals surface area contributed by atoms with Crippen LogP contribution in [0, 0.1) is 11.7 Å². The first kappa shape index (κ1) is 43.0. The predicted molar refractivity (Wildman–Crippen MR) is 190 cm³/mol. The third kappa shape index (κ3) is 11.8. The van der Waals surface area contributed by atoms with Crippen molar-refractivity contribution < 1.29 is 46.6 Å². The van der Waals surface area contributed by atoms with E-state index < -0.39 is 47.5 Å². The van der Waals surface area contributed by atoms with Crippen LogP contribution in [0.1, 0.15) is 62.8 Å². The van der Waals surface area contributed by atoms with Crippen LogP contribution in [0.15, 0.2) is 36.4 Å². The Bertz CT molecular complexity index is 1800. The zero-order chi connectivity index (χ0) is 39.7. The number of rotatable bonds is 14. The summed E-state index contributed by atoms with van der Waals surface area (Å²) in [6, 6.07) is 7.32. The maximum absolute atomic E-state index is 14.1. The van der Waals surface area contributed by atoms with Gasteiger partial charge in [-0.1, -0.05) is 49.2 Å². The number of H-pyrrole nitrogens is 1. The summed E-state index contributed by atoms with van der Waals surface area (Å²) < 4.78 is 45.0. The quantitative estimate of drug-likeness (QED) is 0.0921. The van der Waals surface area contributed by atoms with Gasteiger partial charge >= 0.3 is 12.1 Å². The van der Waals surface area contributed by atoms with Gasteiger partial charge in [0.1, 0.15) is 23.4 Å². The number of unbranched alkanes of at least 4 members (excludes halogenated alkanes) is 1. The van der Waals surface area contributed by atoms with E-state index in [1.165, 1.54) is 12.1 Å². The number of alkyl halides is 3. The summed E-state index contributed by atoms with van der Waals surface area (Å²) in [5.74, 6) is -5.59. The first-order valence-electron chi connectivity index (χ1n) is 16.7. The number of carboxylic acid groups (broad SMARTS) is 1. The second-order valence-corrected chi connectivity index (χ2v) is 13.9. The number of amides is 4. The molecule has 1 aromatic heterocycles. The largest absolute Gasteiger partial charge is 0.490 e. The molecule has 12 nitrogen and oxygen atoms in total. The van der Waals surface area contributed by atoms with Crippen molar-refractivity contribution in [1.29, 1.82) is 0 Å². The average Bonchev–Trinajstić information content (AvgIpc) is 3.43. The van der Waals surface area contributed by atoms with E-state index in [-0.39, 0.29) is 36.9 Å². The molecule has 0 radical (unpaired) electrons. The first-order valence-corrected chi connectivity index (χ1v) is 17.5. The van der Waals surface area contributed by atoms with Crippen LogP contribution in [-0.2, 0) is 43.2 Å². The fourth-order valence-corrected chi connectivity index (χ4v) is 6.48. The molecule has 0 spiro atoms. The van der Waals surface area contributed by atoms with Crippen LogP contribution in [0.4, 0.5) is 17.6 Å². The van der Waals surface area contributed by atoms with Gasteiger partial charge in [0.05, 0.1) is 10.5 Å². The van der Waals surface area contributed by atoms with Crippen molar-refractivity contribution in [1.82, 2.24) is 20.9 Å². The fourth-order valence-electron chi connectivity index (χ4n) is 5.93. The van der Waals surface area contributed by atoms with Crippen molar-refractivity contribution in [2.24, 2.45) is 17.4 Å². The number of aryl methyl sites for hydroxylation is 2. The van der Waals surface area contributed by atoms with Crippen LogP contribution in [0.25, 0.3) is 10.9 Å². The maximum Gasteiger partial charge on any atom is 0.490 e. The Morgan fingerprint density at radius 2 is 1.68 bits per heavy atom. The second kappa shape index (κ2) is 18.6. The van der Waals surface area contributed by atoms with Crippen molar-refractivity contribution in [3.63, 3.8) is 0 Å². The summed E-state index contributed by atoms with van der Waals surface area (Å²) in [5, 5.41) is 17.3. The summed E-state index contributed by atoms with van der Waals surface area (Å²) in [6.45, 7) is 3.94. The minimum atomic E-state index is -5.08. The van der Waals surface area contributed by atoms with Crippen molar-refractivity contribution in [3.8, 4) is 0 Å². The monoisotopic (exact) mass is 788 g/mol. The molecule has 0 bridgehead atoms. The van der Waals surface area contributed by atoms with E-state index in [1.807, 2.05) is 0 Å². The van der Waals surface area contributed by atoms with Crippen LogP contribution in [0.2, 0.25) is 10.0 Å². The van der Waals surface area contributed by atoms with Crippen LogP contribution in [0.3, 0.4) is 0 Å². The topological polar surface area (TPSA) is 209 Å². The van der Waals surface area contributed by atoms with E-state index in [9.17, 15) is 36.7 Å². The maximum atomic E-state index is 14.1. The van der Waals surface area contributed by atoms with Gasteiger partial charge in [-0.15, -0.1) is 0 Å². The molecular weight excluding hydrogens is 747 g/mol. The Kier molecular flexibility index (Phi) is 15.1. The van der Waals surface area contributed by atoms with Gasteiger partial charge < -0.3 is 37.5 Å². The highest BCUT2D eigenvalue weighted by Crippen LogP contribution is 2.38. The van der Waals surface area contributed by atoms with Crippen molar-refractivity contribution >= 4 is 63.7 Å². The van der Waals surface area contributed by atoms with E-state index in [1.54, 1.807) is 38.1 Å². The van der Waals surface area contributed by atoms with Gasteiger partial charge in [-0.2, -0.15) is 13.2 Å². The molecule has 1 aliphatic carbocycles. The standard InChI is InChI=1S/C33H41Cl2FN6O4.C2HF3O2/c1-18(2)28(30(38)44)41-32(46)33(13-12-25-23(17-33)22-15-20(34)16-24(35)29(22)40-25)42-31(45)26(5-3-4-14-37)39-27(43)11-8-19-6-9-21(36)10-7-19;3-2(4,5)1(6)7/h6-7,9-10,15-16,18,26,28,40H,3-5,8,11-14,17,37H2,1-2H3,(H2,38,44)(H,39,43)(H,41,46)(H,42,45);(H,6,7)/t26-,28-,33+;/m0./s1. The molecule has 0 fully saturated rings. The number of aromatic nitrogens is 1. The Morgan fingerprint density at radius 3 is 2.25 bits per heavy atom. The molecule has 2 aromatic carbocycles. The van der Waals surface area contributed by atoms with Gasteiger partial charge in [-0.3, -0.25) is 19.2 Å². The summed E-state index contributed by atoms with van der Waals surface area (Å²) in [4.78, 5) is 65.7. The smallest absolute Gasteiger partial charge is 0.475 e. The number of primary amides is 1. The molecule has 4 amide bonds. The highest BCUT2D eigenvalue weighted by Gasteiger charge is 2.46. The lowest BCUT2D eigenvalue weighted by atomic mass is 9.78. The van der Waals surface area contributed by atoms with Gasteiger partial charge in [-0.05, 0) is 86.4 Å². The Labute approximate surface area is 312 Å². The molecule has 3 aromatic rings. The summed E-state index contributed by atoms with van der Waals surface area (Å²) in [6.07, 6.45) is -2.50. The first-order chi connectivity index (χ1) is 24.8. The van der Waals surface area contributed by atoms with Gasteiger partial charge in [-0.25, -0.2) is 9.18 Å². The molecule has 1 heterocycles. The molecule has 4 rings (SSSR count). The van der Waals surface area contributed by atoms with Crippen LogP contribution >= 0.6 is 23.2 Å². The predicted octanol–water partition coefficient (Wildman–Crippen LogP) is 4.46. The van der Waals surface area contributed by atoms with Gasteiger partial charge in [0.2, 0.25) is 23.6 Å². The molecule has 1 aliphatic rings. The number of hydrogen-bond donors (Lipinski definition) is 7. The van der Waals surface area contributed by atoms with Crippen molar-refractivity contribution in [2.45, 2.75) is 89.0 Å². The van der Waals surface area contributed by atoms with Crippen LogP contribution in [-0.4, -0.2) is 70.0 Å². The number of fused-ring (bicyclic) bond motifs is 3. The lowest BCUT2D eigenvalue weighted by molar-refractivity contribution is -0.192. The molecular formula is C35H42Cl2F4N6O6. The minimum absolute atomic E-state index is 0.0762. The number of benzene rings is 2. The number of halogens is 6. The normalized spacial score (nSPS) is 16.5. The lowest BCUT2D eigenvalue weighted by Gasteiger charge is -2.39. The van der Waals surface area contributed by atoms with E-state index in [0.29, 0.717) is 54.2 Å². The number of hydrogen-bond acceptors (Lipinski definition) is 6. The Hall–Kier alpha value is -4.41. The zero-order valence-electron chi connectivity index (χ0n) is 29.0. The molecule has 0 saturated heterocycles. The number of nitrogens with one attached hydrogen (secondary N) is 4. The van der Waals surface area contributed by atoms with Gasteiger partial charge in [0.15, 0.2) is 0 Å². The highest BCUT2D eigenvalue weighted by atomic mass is 35.5. The summed E-state index contributed by atoms with van der Waals surface area (Å²) in [5.41, 5.74) is 12.9. The molecule has 53 heavy (non-hydrogen) atoms. The third-order valence-corrected chi connectivity index (χ3v) is 9.27. The molecule has 0 saturated carbocycles. The van der Waals surface area contributed by atoms with Gasteiger partial charge in [0, 0.05) is 28.9 Å². The number of carboxylic acids is 1. The van der Waals surface area contributed by atoms with E-state index in [0.717, 1.165) is 22.2 Å². The van der Waals surface area contributed by atoms with Crippen molar-refractivity contribution in [3.05, 3.63) is 69.1 Å². The third-order valence-electron chi connectivity index (χ3n) is 8.75. The van der Waals surface area contributed by atoms with E-state index in [4.69, 9.17) is 44.6 Å². The molecule has 9 N–H and O–H groups in total. The molecule has 0 unspecified atom stereocenters. The average molecular weight is 790 g/mol. The van der Waals surface area contributed by atoms with Gasteiger partial charge in [0.25, 0.3) is 0 Å². The number of carbonyl (C=O) groups excluding carboxylic acids is 4. The number of aliphatic carboxylic acids is 1.